The Morgan fingerprint density at radius 3 is 2.61 bits per heavy atom. The molecule has 1 N–H and O–H groups in total. The highest BCUT2D eigenvalue weighted by Crippen LogP contribution is 2.17. The third-order valence-corrected chi connectivity index (χ3v) is 2.95. The Labute approximate surface area is 120 Å². The third kappa shape index (κ3) is 4.64. The summed E-state index contributed by atoms with van der Waals surface area (Å²) in [4.78, 5) is 22.8. The van der Waals surface area contributed by atoms with Gasteiger partial charge in [-0.3, -0.25) is 9.59 Å². The van der Waals surface area contributed by atoms with Crippen molar-refractivity contribution >= 4 is 40.2 Å². The first kappa shape index (κ1) is 14.9. The van der Waals surface area contributed by atoms with E-state index in [1.807, 2.05) is 25.1 Å². The smallest absolute Gasteiger partial charge is 0.308 e. The van der Waals surface area contributed by atoms with Crippen molar-refractivity contribution < 1.29 is 14.3 Å². The summed E-state index contributed by atoms with van der Waals surface area (Å²) in [7, 11) is 0. The summed E-state index contributed by atoms with van der Waals surface area (Å²) < 4.78 is 5.95. The molecule has 0 spiro atoms. The van der Waals surface area contributed by atoms with Crippen molar-refractivity contribution in [2.75, 3.05) is 11.9 Å². The fourth-order valence-corrected chi connectivity index (χ4v) is 1.90. The minimum absolute atomic E-state index is 0.224. The van der Waals surface area contributed by atoms with Crippen molar-refractivity contribution in [2.24, 2.45) is 5.92 Å². The van der Waals surface area contributed by atoms with Gasteiger partial charge < -0.3 is 10.1 Å². The Morgan fingerprint density at radius 1 is 1.39 bits per heavy atom. The molecule has 1 aromatic rings. The van der Waals surface area contributed by atoms with Crippen LogP contribution in [0.25, 0.3) is 0 Å². The molecule has 0 aromatic heterocycles. The second-order valence-corrected chi connectivity index (χ2v) is 5.52. The molecule has 0 saturated heterocycles. The molecular formula is C13H16INO3. The van der Waals surface area contributed by atoms with Crippen LogP contribution in [0.4, 0.5) is 5.69 Å². The van der Waals surface area contributed by atoms with Crippen molar-refractivity contribution in [2.45, 2.75) is 20.8 Å². The first-order valence-electron chi connectivity index (χ1n) is 5.62. The van der Waals surface area contributed by atoms with Gasteiger partial charge in [0.25, 0.3) is 5.91 Å². The van der Waals surface area contributed by atoms with E-state index >= 15 is 0 Å². The topological polar surface area (TPSA) is 55.4 Å². The first-order valence-corrected chi connectivity index (χ1v) is 6.70. The average Bonchev–Trinajstić information content (AvgIpc) is 2.29. The van der Waals surface area contributed by atoms with E-state index in [1.165, 1.54) is 0 Å². The summed E-state index contributed by atoms with van der Waals surface area (Å²) in [6.07, 6.45) is 0. The van der Waals surface area contributed by atoms with Gasteiger partial charge in [-0.15, -0.1) is 0 Å². The maximum atomic E-state index is 11.6. The predicted molar refractivity (Wildman–Crippen MR) is 78.3 cm³/mol. The number of nitrogens with one attached hydrogen (secondary N) is 1. The van der Waals surface area contributed by atoms with E-state index in [0.29, 0.717) is 0 Å². The van der Waals surface area contributed by atoms with Crippen LogP contribution in [0.2, 0.25) is 0 Å². The molecule has 1 aromatic carbocycles. The summed E-state index contributed by atoms with van der Waals surface area (Å²) in [5.41, 5.74) is 1.71. The number of benzene rings is 1. The minimum atomic E-state index is -0.371. The average molecular weight is 361 g/mol. The number of anilines is 1. The summed E-state index contributed by atoms with van der Waals surface area (Å²) >= 11 is 2.21. The highest BCUT2D eigenvalue weighted by Gasteiger charge is 2.11. The van der Waals surface area contributed by atoms with Gasteiger partial charge in [-0.05, 0) is 53.3 Å². The molecule has 0 fully saturated rings. The lowest BCUT2D eigenvalue weighted by Crippen LogP contribution is -2.23. The van der Waals surface area contributed by atoms with Crippen LogP contribution in [0.5, 0.6) is 0 Å². The summed E-state index contributed by atoms with van der Waals surface area (Å²) in [5, 5.41) is 2.71. The molecule has 1 rings (SSSR count). The Kier molecular flexibility index (Phi) is 5.58. The van der Waals surface area contributed by atoms with Gasteiger partial charge in [0.2, 0.25) is 0 Å². The highest BCUT2D eigenvalue weighted by atomic mass is 127. The van der Waals surface area contributed by atoms with Gasteiger partial charge in [0.15, 0.2) is 6.61 Å². The number of rotatable bonds is 4. The molecule has 98 valence electrons. The van der Waals surface area contributed by atoms with Crippen molar-refractivity contribution in [3.8, 4) is 0 Å². The molecule has 5 heteroatoms. The van der Waals surface area contributed by atoms with Crippen LogP contribution in [0.3, 0.4) is 0 Å². The number of carbonyl (C=O) groups excluding carboxylic acids is 2. The van der Waals surface area contributed by atoms with Gasteiger partial charge in [0.05, 0.1) is 5.92 Å². The van der Waals surface area contributed by atoms with Crippen molar-refractivity contribution in [1.29, 1.82) is 0 Å². The zero-order chi connectivity index (χ0) is 13.7. The Bertz CT molecular complexity index is 458. The van der Waals surface area contributed by atoms with Gasteiger partial charge in [-0.2, -0.15) is 0 Å². The zero-order valence-corrected chi connectivity index (χ0v) is 12.8. The lowest BCUT2D eigenvalue weighted by Gasteiger charge is -2.10. The number of hydrogen-bond donors (Lipinski definition) is 1. The maximum absolute atomic E-state index is 11.6. The van der Waals surface area contributed by atoms with Crippen LogP contribution in [0.15, 0.2) is 18.2 Å². The summed E-state index contributed by atoms with van der Waals surface area (Å²) in [6, 6.07) is 5.71. The molecule has 0 unspecified atom stereocenters. The van der Waals surface area contributed by atoms with E-state index in [-0.39, 0.29) is 24.4 Å². The van der Waals surface area contributed by atoms with Crippen molar-refractivity contribution in [1.82, 2.24) is 0 Å². The van der Waals surface area contributed by atoms with Gasteiger partial charge in [-0.1, -0.05) is 13.8 Å². The van der Waals surface area contributed by atoms with Gasteiger partial charge in [0, 0.05) is 9.26 Å². The van der Waals surface area contributed by atoms with E-state index in [9.17, 15) is 9.59 Å². The molecule has 1 amide bonds. The number of carbonyl (C=O) groups is 2. The van der Waals surface area contributed by atoms with Crippen LogP contribution >= 0.6 is 22.6 Å². The molecule has 0 aliphatic heterocycles. The number of esters is 1. The molecule has 0 radical (unpaired) electrons. The quantitative estimate of drug-likeness (QED) is 0.663. The van der Waals surface area contributed by atoms with Crippen LogP contribution in [0, 0.1) is 16.4 Å². The molecular weight excluding hydrogens is 345 g/mol. The number of ether oxygens (including phenoxy) is 1. The number of halogens is 1. The molecule has 18 heavy (non-hydrogen) atoms. The second kappa shape index (κ2) is 6.72. The lowest BCUT2D eigenvalue weighted by molar-refractivity contribution is -0.150. The van der Waals surface area contributed by atoms with Crippen molar-refractivity contribution in [3.05, 3.63) is 27.3 Å². The molecule has 0 saturated carbocycles. The van der Waals surface area contributed by atoms with E-state index in [0.717, 1.165) is 14.8 Å². The van der Waals surface area contributed by atoms with E-state index in [2.05, 4.69) is 27.9 Å². The molecule has 0 heterocycles. The Morgan fingerprint density at radius 2 is 2.06 bits per heavy atom. The number of aryl methyl sites for hydroxylation is 1. The molecule has 0 atom stereocenters. The SMILES string of the molecule is Cc1cc(I)ccc1NC(=O)COC(=O)C(C)C. The van der Waals surface area contributed by atoms with E-state index in [4.69, 9.17) is 4.74 Å². The zero-order valence-electron chi connectivity index (χ0n) is 10.6. The van der Waals surface area contributed by atoms with E-state index < -0.39 is 0 Å². The summed E-state index contributed by atoms with van der Waals surface area (Å²) in [6.45, 7) is 5.12. The molecule has 4 nitrogen and oxygen atoms in total. The molecule has 0 aliphatic rings. The standard InChI is InChI=1S/C13H16INO3/c1-8(2)13(17)18-7-12(16)15-11-5-4-10(14)6-9(11)3/h4-6,8H,7H2,1-3H3,(H,15,16). The second-order valence-electron chi connectivity index (χ2n) is 4.27. The maximum Gasteiger partial charge on any atom is 0.308 e. The van der Waals surface area contributed by atoms with Crippen LogP contribution in [-0.2, 0) is 14.3 Å². The van der Waals surface area contributed by atoms with Crippen LogP contribution in [-0.4, -0.2) is 18.5 Å². The van der Waals surface area contributed by atoms with Crippen molar-refractivity contribution in [3.63, 3.8) is 0 Å². The van der Waals surface area contributed by atoms with E-state index in [1.54, 1.807) is 13.8 Å². The normalized spacial score (nSPS) is 10.3. The minimum Gasteiger partial charge on any atom is -0.455 e. The predicted octanol–water partition coefficient (Wildman–Crippen LogP) is 2.74. The van der Waals surface area contributed by atoms with Crippen LogP contribution in [0.1, 0.15) is 19.4 Å². The molecule has 0 aliphatic carbocycles. The number of amides is 1. The first-order chi connectivity index (χ1) is 8.40. The summed E-state index contributed by atoms with van der Waals surface area (Å²) in [5.74, 6) is -0.921. The van der Waals surface area contributed by atoms with Gasteiger partial charge in [0.1, 0.15) is 0 Å². The third-order valence-electron chi connectivity index (χ3n) is 2.28. The fourth-order valence-electron chi connectivity index (χ4n) is 1.26. The Hall–Kier alpha value is -1.11. The van der Waals surface area contributed by atoms with Gasteiger partial charge in [-0.25, -0.2) is 0 Å². The van der Waals surface area contributed by atoms with Gasteiger partial charge >= 0.3 is 5.97 Å². The number of hydrogen-bond acceptors (Lipinski definition) is 3. The highest BCUT2D eigenvalue weighted by molar-refractivity contribution is 14.1. The lowest BCUT2D eigenvalue weighted by atomic mass is 10.2. The molecule has 0 bridgehead atoms. The monoisotopic (exact) mass is 361 g/mol. The van der Waals surface area contributed by atoms with Crippen LogP contribution < -0.4 is 5.32 Å². The Balaban J connectivity index is 2.52. The fraction of sp³-hybridized carbons (Fsp3) is 0.385. The largest absolute Gasteiger partial charge is 0.455 e.